The molecule has 0 aliphatic heterocycles. The zero-order valence-electron chi connectivity index (χ0n) is 14.6. The molecule has 0 radical (unpaired) electrons. The molecule has 3 rings (SSSR count). The molecule has 0 unspecified atom stereocenters. The van der Waals surface area contributed by atoms with Crippen LogP contribution in [0.3, 0.4) is 0 Å². The summed E-state index contributed by atoms with van der Waals surface area (Å²) in [4.78, 5) is 25.7. The maximum atomic E-state index is 12.9. The highest BCUT2D eigenvalue weighted by Crippen LogP contribution is 2.60. The summed E-state index contributed by atoms with van der Waals surface area (Å²) in [5, 5.41) is 0. The van der Waals surface area contributed by atoms with Crippen LogP contribution in [0.25, 0.3) is 0 Å². The van der Waals surface area contributed by atoms with Gasteiger partial charge >= 0.3 is 0 Å². The van der Waals surface area contributed by atoms with Crippen LogP contribution in [0.4, 0.5) is 0 Å². The monoisotopic (exact) mass is 300 g/mol. The first-order valence-electron chi connectivity index (χ1n) is 8.73. The second-order valence-corrected chi connectivity index (χ2v) is 8.65. The van der Waals surface area contributed by atoms with Gasteiger partial charge in [-0.2, -0.15) is 0 Å². The fourth-order valence-corrected chi connectivity index (χ4v) is 5.43. The van der Waals surface area contributed by atoms with Crippen molar-refractivity contribution in [1.82, 2.24) is 0 Å². The zero-order valence-corrected chi connectivity index (χ0v) is 14.6. The summed E-state index contributed by atoms with van der Waals surface area (Å²) in [5.41, 5.74) is 2.57. The molecule has 2 nitrogen and oxygen atoms in total. The van der Waals surface area contributed by atoms with E-state index in [-0.39, 0.29) is 28.3 Å². The van der Waals surface area contributed by atoms with Gasteiger partial charge in [-0.05, 0) is 49.0 Å². The number of rotatable bonds is 1. The number of hydrogen-bond donors (Lipinski definition) is 0. The number of carbonyl (C=O) groups excluding carboxylic acids is 2. The van der Waals surface area contributed by atoms with Crippen LogP contribution in [-0.2, 0) is 9.59 Å². The van der Waals surface area contributed by atoms with E-state index >= 15 is 0 Å². The minimum Gasteiger partial charge on any atom is -0.290 e. The molecule has 0 amide bonds. The number of allylic oxidation sites excluding steroid dienone is 4. The van der Waals surface area contributed by atoms with E-state index in [0.717, 1.165) is 36.8 Å². The fraction of sp³-hybridized carbons (Fsp3) is 0.700. The molecule has 0 bridgehead atoms. The van der Waals surface area contributed by atoms with Gasteiger partial charge in [0.15, 0.2) is 11.6 Å². The van der Waals surface area contributed by atoms with Crippen LogP contribution < -0.4 is 0 Å². The lowest BCUT2D eigenvalue weighted by molar-refractivity contribution is -0.119. The van der Waals surface area contributed by atoms with Crippen LogP contribution in [-0.4, -0.2) is 11.6 Å². The van der Waals surface area contributed by atoms with Gasteiger partial charge in [0.2, 0.25) is 0 Å². The van der Waals surface area contributed by atoms with Crippen LogP contribution in [0, 0.1) is 22.7 Å². The first-order valence-corrected chi connectivity index (χ1v) is 8.73. The Morgan fingerprint density at radius 2 is 1.82 bits per heavy atom. The number of fused-ring (bicyclic) bond motifs is 2. The van der Waals surface area contributed by atoms with Crippen LogP contribution >= 0.6 is 0 Å². The maximum Gasteiger partial charge on any atom is 0.185 e. The van der Waals surface area contributed by atoms with Crippen LogP contribution in [0.1, 0.15) is 66.7 Å². The Balaban J connectivity index is 2.11. The predicted octanol–water partition coefficient (Wildman–Crippen LogP) is 4.64. The van der Waals surface area contributed by atoms with Crippen molar-refractivity contribution in [2.75, 3.05) is 0 Å². The van der Waals surface area contributed by atoms with E-state index in [1.54, 1.807) is 6.08 Å². The lowest BCUT2D eigenvalue weighted by Crippen LogP contribution is -2.48. The molecule has 0 heterocycles. The van der Waals surface area contributed by atoms with E-state index in [1.807, 2.05) is 13.8 Å². The van der Waals surface area contributed by atoms with E-state index < -0.39 is 0 Å². The number of carbonyl (C=O) groups is 2. The second-order valence-electron chi connectivity index (χ2n) is 8.65. The van der Waals surface area contributed by atoms with Crippen molar-refractivity contribution in [1.29, 1.82) is 0 Å². The zero-order chi connectivity index (χ0) is 16.3. The Morgan fingerprint density at radius 3 is 2.45 bits per heavy atom. The lowest BCUT2D eigenvalue weighted by atomic mass is 9.49. The molecule has 1 saturated carbocycles. The Bertz CT molecular complexity index is 603. The topological polar surface area (TPSA) is 34.1 Å². The Hall–Kier alpha value is -1.18. The van der Waals surface area contributed by atoms with Crippen molar-refractivity contribution >= 4 is 11.6 Å². The molecule has 2 heteroatoms. The lowest BCUT2D eigenvalue weighted by Gasteiger charge is -2.55. The summed E-state index contributed by atoms with van der Waals surface area (Å²) in [6.07, 6.45) is 6.90. The molecular formula is C20H28O2. The third kappa shape index (κ3) is 2.06. The fourth-order valence-electron chi connectivity index (χ4n) is 5.43. The van der Waals surface area contributed by atoms with Gasteiger partial charge < -0.3 is 0 Å². The van der Waals surface area contributed by atoms with Crippen molar-refractivity contribution in [2.24, 2.45) is 22.7 Å². The van der Waals surface area contributed by atoms with E-state index in [0.29, 0.717) is 11.5 Å². The van der Waals surface area contributed by atoms with E-state index in [1.165, 1.54) is 6.42 Å². The van der Waals surface area contributed by atoms with Crippen LogP contribution in [0.15, 0.2) is 22.8 Å². The number of Topliss-reactive ketones (excluding diaryl/α,β-unsaturated/α-hetero) is 1. The summed E-state index contributed by atoms with van der Waals surface area (Å²) < 4.78 is 0. The van der Waals surface area contributed by atoms with Gasteiger partial charge in [0.05, 0.1) is 0 Å². The third-order valence-electron chi connectivity index (χ3n) is 6.48. The van der Waals surface area contributed by atoms with Crippen LogP contribution in [0.2, 0.25) is 0 Å². The summed E-state index contributed by atoms with van der Waals surface area (Å²) in [7, 11) is 0. The van der Waals surface area contributed by atoms with Crippen molar-refractivity contribution in [3.63, 3.8) is 0 Å². The first kappa shape index (κ1) is 15.7. The first-order chi connectivity index (χ1) is 10.2. The minimum absolute atomic E-state index is 0.110. The predicted molar refractivity (Wildman–Crippen MR) is 88.4 cm³/mol. The smallest absolute Gasteiger partial charge is 0.185 e. The molecule has 2 atom stereocenters. The normalized spacial score (nSPS) is 34.5. The van der Waals surface area contributed by atoms with Gasteiger partial charge in [0.25, 0.3) is 0 Å². The molecule has 0 aromatic carbocycles. The Kier molecular flexibility index (Phi) is 3.50. The molecule has 0 aromatic heterocycles. The van der Waals surface area contributed by atoms with Gasteiger partial charge in [-0.1, -0.05) is 41.0 Å². The highest BCUT2D eigenvalue weighted by atomic mass is 16.1. The molecule has 3 aliphatic rings. The SMILES string of the molecule is CC(C)C1=CC(=O)C2=C(CC[C@@H]3C(C)(C)CCC[C@]23C)C1=O. The van der Waals surface area contributed by atoms with E-state index in [4.69, 9.17) is 0 Å². The summed E-state index contributed by atoms with van der Waals surface area (Å²) in [6, 6.07) is 0. The minimum atomic E-state index is -0.110. The second kappa shape index (κ2) is 4.91. The number of hydrogen-bond acceptors (Lipinski definition) is 2. The summed E-state index contributed by atoms with van der Waals surface area (Å²) >= 11 is 0. The standard InChI is InChI=1S/C20H28O2/c1-12(2)14-11-15(21)17-13(18(14)22)7-8-16-19(3,4)9-6-10-20(16,17)5/h11-12,16H,6-10H2,1-5H3/t16-,20+/m1/s1. The summed E-state index contributed by atoms with van der Waals surface area (Å²) in [5.74, 6) is 0.896. The molecule has 22 heavy (non-hydrogen) atoms. The van der Waals surface area contributed by atoms with Gasteiger partial charge in [-0.3, -0.25) is 9.59 Å². The molecule has 120 valence electrons. The van der Waals surface area contributed by atoms with Gasteiger partial charge in [0, 0.05) is 22.1 Å². The molecule has 0 aromatic rings. The Labute approximate surface area is 134 Å². The van der Waals surface area contributed by atoms with Crippen LogP contribution in [0.5, 0.6) is 0 Å². The molecule has 1 fully saturated rings. The highest BCUT2D eigenvalue weighted by molar-refractivity contribution is 6.23. The Morgan fingerprint density at radius 1 is 1.14 bits per heavy atom. The summed E-state index contributed by atoms with van der Waals surface area (Å²) in [6.45, 7) is 10.9. The largest absolute Gasteiger partial charge is 0.290 e. The molecule has 0 saturated heterocycles. The number of ketones is 2. The quantitative estimate of drug-likeness (QED) is 0.661. The van der Waals surface area contributed by atoms with Crippen molar-refractivity contribution < 1.29 is 9.59 Å². The third-order valence-corrected chi connectivity index (χ3v) is 6.48. The van der Waals surface area contributed by atoms with Crippen molar-refractivity contribution in [2.45, 2.75) is 66.7 Å². The van der Waals surface area contributed by atoms with Gasteiger partial charge in [-0.15, -0.1) is 0 Å². The van der Waals surface area contributed by atoms with Crippen molar-refractivity contribution in [3.05, 3.63) is 22.8 Å². The average molecular weight is 300 g/mol. The van der Waals surface area contributed by atoms with E-state index in [9.17, 15) is 9.59 Å². The maximum absolute atomic E-state index is 12.9. The van der Waals surface area contributed by atoms with Gasteiger partial charge in [0.1, 0.15) is 0 Å². The average Bonchev–Trinajstić information content (AvgIpc) is 2.40. The van der Waals surface area contributed by atoms with Crippen molar-refractivity contribution in [3.8, 4) is 0 Å². The van der Waals surface area contributed by atoms with Gasteiger partial charge in [-0.25, -0.2) is 0 Å². The molecule has 0 spiro atoms. The molecular weight excluding hydrogens is 272 g/mol. The van der Waals surface area contributed by atoms with E-state index in [2.05, 4.69) is 20.8 Å². The highest BCUT2D eigenvalue weighted by Gasteiger charge is 2.53. The molecule has 0 N–H and O–H groups in total. The molecule has 3 aliphatic carbocycles.